The molecule has 0 atom stereocenters. The Morgan fingerprint density at radius 3 is 2.04 bits per heavy atom. The van der Waals surface area contributed by atoms with Crippen molar-refractivity contribution >= 4 is 11.9 Å². The van der Waals surface area contributed by atoms with E-state index in [4.69, 9.17) is 14.2 Å². The Kier molecular flexibility index (Phi) is 8.16. The summed E-state index contributed by atoms with van der Waals surface area (Å²) in [5.41, 5.74) is 3.08. The van der Waals surface area contributed by atoms with Crippen molar-refractivity contribution < 1.29 is 23.8 Å². The van der Waals surface area contributed by atoms with Crippen molar-refractivity contribution in [2.24, 2.45) is 0 Å². The molecule has 0 saturated heterocycles. The lowest BCUT2D eigenvalue weighted by Gasteiger charge is -2.15. The molecule has 0 amide bonds. The number of methoxy groups -OCH3 is 1. The summed E-state index contributed by atoms with van der Waals surface area (Å²) in [6, 6.07) is 3.84. The molecule has 23 heavy (non-hydrogen) atoms. The fourth-order valence-electron chi connectivity index (χ4n) is 2.52. The second kappa shape index (κ2) is 9.87. The van der Waals surface area contributed by atoms with E-state index in [1.165, 1.54) is 0 Å². The first kappa shape index (κ1) is 19.0. The highest BCUT2D eigenvalue weighted by Gasteiger charge is 2.14. The molecule has 0 radical (unpaired) electrons. The van der Waals surface area contributed by atoms with Gasteiger partial charge in [0.25, 0.3) is 0 Å². The minimum atomic E-state index is -0.217. The molecule has 0 bridgehead atoms. The smallest absolute Gasteiger partial charge is 0.306 e. The van der Waals surface area contributed by atoms with Crippen molar-refractivity contribution in [1.82, 2.24) is 0 Å². The third-order valence-corrected chi connectivity index (χ3v) is 3.65. The first-order valence-corrected chi connectivity index (χ1v) is 8.00. The van der Waals surface area contributed by atoms with Gasteiger partial charge in [-0.3, -0.25) is 9.59 Å². The molecule has 0 fully saturated rings. The van der Waals surface area contributed by atoms with Crippen LogP contribution in [0.2, 0.25) is 0 Å². The van der Waals surface area contributed by atoms with Gasteiger partial charge in [0, 0.05) is 12.8 Å². The number of ether oxygens (including phenoxy) is 3. The molecule has 0 aliphatic rings. The molecular weight excluding hydrogens is 296 g/mol. The Hall–Kier alpha value is -2.04. The van der Waals surface area contributed by atoms with Crippen LogP contribution in [0.25, 0.3) is 0 Å². The van der Waals surface area contributed by atoms with Gasteiger partial charge in [-0.25, -0.2) is 0 Å². The molecule has 0 aliphatic carbocycles. The van der Waals surface area contributed by atoms with Gasteiger partial charge in [-0.2, -0.15) is 0 Å². The van der Waals surface area contributed by atoms with Crippen molar-refractivity contribution in [1.29, 1.82) is 0 Å². The zero-order valence-electron chi connectivity index (χ0n) is 14.4. The van der Waals surface area contributed by atoms with Crippen LogP contribution in [0.1, 0.15) is 43.4 Å². The van der Waals surface area contributed by atoms with Gasteiger partial charge in [0.15, 0.2) is 0 Å². The first-order chi connectivity index (χ1) is 11.0. The number of aryl methyl sites for hydroxylation is 1. The number of esters is 2. The van der Waals surface area contributed by atoms with Crippen LogP contribution < -0.4 is 4.74 Å². The van der Waals surface area contributed by atoms with E-state index in [9.17, 15) is 9.59 Å². The summed E-state index contributed by atoms with van der Waals surface area (Å²) < 4.78 is 15.3. The molecule has 0 spiro atoms. The molecule has 128 valence electrons. The lowest BCUT2D eigenvalue weighted by molar-refractivity contribution is -0.144. The topological polar surface area (TPSA) is 61.8 Å². The van der Waals surface area contributed by atoms with Crippen molar-refractivity contribution in [2.45, 2.75) is 46.5 Å². The Morgan fingerprint density at radius 2 is 1.52 bits per heavy atom. The molecule has 0 aliphatic heterocycles. The van der Waals surface area contributed by atoms with Gasteiger partial charge < -0.3 is 14.2 Å². The van der Waals surface area contributed by atoms with Crippen LogP contribution >= 0.6 is 0 Å². The number of carbonyl (C=O) groups is 2. The number of hydrogen-bond donors (Lipinski definition) is 0. The third kappa shape index (κ3) is 5.93. The number of hydrogen-bond acceptors (Lipinski definition) is 5. The molecule has 0 saturated carbocycles. The fourth-order valence-corrected chi connectivity index (χ4v) is 2.52. The fraction of sp³-hybridized carbons (Fsp3) is 0.556. The maximum atomic E-state index is 11.6. The van der Waals surface area contributed by atoms with Gasteiger partial charge in [0.1, 0.15) is 5.75 Å². The number of benzene rings is 1. The predicted octanol–water partition coefficient (Wildman–Crippen LogP) is 3.00. The van der Waals surface area contributed by atoms with Crippen molar-refractivity contribution in [3.63, 3.8) is 0 Å². The molecule has 0 heterocycles. The lowest BCUT2D eigenvalue weighted by atomic mass is 9.94. The van der Waals surface area contributed by atoms with E-state index < -0.39 is 0 Å². The first-order valence-electron chi connectivity index (χ1n) is 8.00. The standard InChI is InChI=1S/C18H26O5/c1-5-22-17(19)11-8-14-7-10-16(21-4)13(3)15(14)9-12-18(20)23-6-2/h7,10H,5-6,8-9,11-12H2,1-4H3. The van der Waals surface area contributed by atoms with Gasteiger partial charge >= 0.3 is 11.9 Å². The highest BCUT2D eigenvalue weighted by Crippen LogP contribution is 2.27. The quantitative estimate of drug-likeness (QED) is 0.654. The second-order valence-electron chi connectivity index (χ2n) is 5.14. The Balaban J connectivity index is 2.88. The number of carbonyl (C=O) groups excluding carboxylic acids is 2. The van der Waals surface area contributed by atoms with Crippen LogP contribution in [-0.4, -0.2) is 32.3 Å². The summed E-state index contributed by atoms with van der Waals surface area (Å²) in [4.78, 5) is 23.2. The molecule has 0 unspecified atom stereocenters. The largest absolute Gasteiger partial charge is 0.496 e. The van der Waals surface area contributed by atoms with Crippen LogP contribution in [0.15, 0.2) is 12.1 Å². The van der Waals surface area contributed by atoms with Crippen LogP contribution in [0, 0.1) is 6.92 Å². The molecule has 1 rings (SSSR count). The van der Waals surface area contributed by atoms with E-state index in [2.05, 4.69) is 0 Å². The average Bonchev–Trinajstić information content (AvgIpc) is 2.52. The van der Waals surface area contributed by atoms with Crippen molar-refractivity contribution in [3.05, 3.63) is 28.8 Å². The summed E-state index contributed by atoms with van der Waals surface area (Å²) in [5, 5.41) is 0. The maximum Gasteiger partial charge on any atom is 0.306 e. The molecule has 5 nitrogen and oxygen atoms in total. The summed E-state index contributed by atoms with van der Waals surface area (Å²) in [6.45, 7) is 6.31. The Bertz CT molecular complexity index is 536. The van der Waals surface area contributed by atoms with E-state index in [-0.39, 0.29) is 11.9 Å². The Morgan fingerprint density at radius 1 is 0.957 bits per heavy atom. The molecule has 1 aromatic carbocycles. The minimum Gasteiger partial charge on any atom is -0.496 e. The van der Waals surface area contributed by atoms with E-state index in [1.807, 2.05) is 19.1 Å². The van der Waals surface area contributed by atoms with Crippen LogP contribution in [0.3, 0.4) is 0 Å². The lowest BCUT2D eigenvalue weighted by Crippen LogP contribution is -2.10. The highest BCUT2D eigenvalue weighted by atomic mass is 16.5. The van der Waals surface area contributed by atoms with E-state index in [1.54, 1.807) is 21.0 Å². The van der Waals surface area contributed by atoms with Gasteiger partial charge in [0.2, 0.25) is 0 Å². The monoisotopic (exact) mass is 322 g/mol. The van der Waals surface area contributed by atoms with E-state index in [0.717, 1.165) is 22.4 Å². The van der Waals surface area contributed by atoms with Gasteiger partial charge in [-0.1, -0.05) is 6.07 Å². The van der Waals surface area contributed by atoms with E-state index in [0.29, 0.717) is 38.9 Å². The van der Waals surface area contributed by atoms with Gasteiger partial charge in [-0.15, -0.1) is 0 Å². The maximum absolute atomic E-state index is 11.6. The highest BCUT2D eigenvalue weighted by molar-refractivity contribution is 5.71. The van der Waals surface area contributed by atoms with Gasteiger partial charge in [-0.05, 0) is 56.4 Å². The zero-order valence-corrected chi connectivity index (χ0v) is 14.4. The van der Waals surface area contributed by atoms with Crippen molar-refractivity contribution in [2.75, 3.05) is 20.3 Å². The molecule has 0 N–H and O–H groups in total. The Labute approximate surface area is 137 Å². The zero-order chi connectivity index (χ0) is 17.2. The molecule has 1 aromatic rings. The SMILES string of the molecule is CCOC(=O)CCc1ccc(OC)c(C)c1CCC(=O)OCC. The molecular formula is C18H26O5. The molecule has 0 aromatic heterocycles. The van der Waals surface area contributed by atoms with Crippen LogP contribution in [0.4, 0.5) is 0 Å². The summed E-state index contributed by atoms with van der Waals surface area (Å²) in [6.07, 6.45) is 1.79. The van der Waals surface area contributed by atoms with Gasteiger partial charge in [0.05, 0.1) is 20.3 Å². The normalized spacial score (nSPS) is 10.3. The predicted molar refractivity (Wildman–Crippen MR) is 87.6 cm³/mol. The van der Waals surface area contributed by atoms with E-state index >= 15 is 0 Å². The molecule has 5 heteroatoms. The average molecular weight is 322 g/mol. The summed E-state index contributed by atoms with van der Waals surface area (Å²) in [5.74, 6) is 0.354. The van der Waals surface area contributed by atoms with Crippen LogP contribution in [0.5, 0.6) is 5.75 Å². The minimum absolute atomic E-state index is 0.211. The van der Waals surface area contributed by atoms with Crippen molar-refractivity contribution in [3.8, 4) is 5.75 Å². The van der Waals surface area contributed by atoms with Crippen LogP contribution in [-0.2, 0) is 31.9 Å². The third-order valence-electron chi connectivity index (χ3n) is 3.65. The second-order valence-corrected chi connectivity index (χ2v) is 5.14. The summed E-state index contributed by atoms with van der Waals surface area (Å²) >= 11 is 0. The summed E-state index contributed by atoms with van der Waals surface area (Å²) in [7, 11) is 1.62. The number of rotatable bonds is 9.